The lowest BCUT2D eigenvalue weighted by atomic mass is 10.1. The van der Waals surface area contributed by atoms with E-state index in [1.54, 1.807) is 24.4 Å². The quantitative estimate of drug-likeness (QED) is 0.821. The van der Waals surface area contributed by atoms with E-state index in [4.69, 9.17) is 4.74 Å². The number of carbonyl (C=O) groups is 2. The monoisotopic (exact) mass is 359 g/mol. The highest BCUT2D eigenvalue weighted by Crippen LogP contribution is 2.30. The molecule has 0 N–H and O–H groups in total. The third-order valence-corrected chi connectivity index (χ3v) is 4.89. The molecule has 0 fully saturated rings. The number of thioether (sulfide) groups is 1. The molecule has 0 unspecified atom stereocenters. The fourth-order valence-electron chi connectivity index (χ4n) is 3.00. The first kappa shape index (κ1) is 17.5. The van der Waals surface area contributed by atoms with Gasteiger partial charge in [0.05, 0.1) is 30.6 Å². The molecule has 0 saturated heterocycles. The van der Waals surface area contributed by atoms with E-state index in [9.17, 15) is 9.59 Å². The van der Waals surface area contributed by atoms with Gasteiger partial charge in [-0.25, -0.2) is 4.98 Å². The van der Waals surface area contributed by atoms with E-state index < -0.39 is 0 Å². The molecule has 0 saturated carbocycles. The second-order valence-corrected chi connectivity index (χ2v) is 6.98. The van der Waals surface area contributed by atoms with Crippen molar-refractivity contribution >= 4 is 22.8 Å². The Morgan fingerprint density at radius 1 is 1.36 bits per heavy atom. The van der Waals surface area contributed by atoms with Gasteiger partial charge in [-0.1, -0.05) is 25.6 Å². The summed E-state index contributed by atoms with van der Waals surface area (Å²) in [6, 6.07) is 5.40. The molecule has 6 nitrogen and oxygen atoms in total. The average molecular weight is 359 g/mol. The van der Waals surface area contributed by atoms with Crippen molar-refractivity contribution in [2.24, 2.45) is 0 Å². The number of aromatic nitrogens is 2. The van der Waals surface area contributed by atoms with Crippen LogP contribution in [-0.2, 0) is 6.54 Å². The summed E-state index contributed by atoms with van der Waals surface area (Å²) in [6.45, 7) is 4.96. The molecule has 0 bridgehead atoms. The van der Waals surface area contributed by atoms with E-state index in [-0.39, 0.29) is 11.0 Å². The van der Waals surface area contributed by atoms with Crippen molar-refractivity contribution in [3.63, 3.8) is 0 Å². The average Bonchev–Trinajstić information content (AvgIpc) is 2.99. The number of carbonyl (C=O) groups excluding carboxylic acids is 2. The molecule has 1 aromatic carbocycles. The lowest BCUT2D eigenvalue weighted by molar-refractivity contribution is 0.0744. The van der Waals surface area contributed by atoms with Crippen molar-refractivity contribution in [3.8, 4) is 11.4 Å². The fraction of sp³-hybridized carbons (Fsp3) is 0.389. The van der Waals surface area contributed by atoms with Crippen molar-refractivity contribution in [3.05, 3.63) is 41.5 Å². The Hall–Kier alpha value is -2.28. The largest absolute Gasteiger partial charge is 0.497 e. The van der Waals surface area contributed by atoms with Crippen LogP contribution in [0.2, 0.25) is 0 Å². The molecule has 132 valence electrons. The smallest absolute Gasteiger partial charge is 0.256 e. The minimum Gasteiger partial charge on any atom is -0.497 e. The van der Waals surface area contributed by atoms with Crippen molar-refractivity contribution in [2.45, 2.75) is 26.8 Å². The molecule has 0 aliphatic carbocycles. The Balaban J connectivity index is 2.17. The second kappa shape index (κ2) is 7.31. The summed E-state index contributed by atoms with van der Waals surface area (Å²) in [5, 5.41) is -0.0582. The molecule has 2 heterocycles. The zero-order valence-corrected chi connectivity index (χ0v) is 15.4. The van der Waals surface area contributed by atoms with Gasteiger partial charge in [-0.2, -0.15) is 0 Å². The molecule has 1 aromatic heterocycles. The van der Waals surface area contributed by atoms with Gasteiger partial charge in [0.2, 0.25) is 5.12 Å². The standard InChI is InChI=1S/C18H21N3O3S/c1-4-8-20-10-15-16(18(23)25-5-2)19-11-21(15)14-7-6-12(24-3)9-13(14)17(20)22/h6-7,9,11H,4-5,8,10H2,1-3H3. The summed E-state index contributed by atoms with van der Waals surface area (Å²) < 4.78 is 7.13. The molecule has 0 atom stereocenters. The molecule has 1 aliphatic rings. The molecule has 0 spiro atoms. The van der Waals surface area contributed by atoms with Crippen molar-refractivity contribution in [2.75, 3.05) is 19.4 Å². The molecule has 2 aromatic rings. The zero-order valence-electron chi connectivity index (χ0n) is 14.6. The lowest BCUT2D eigenvalue weighted by Gasteiger charge is -2.20. The van der Waals surface area contributed by atoms with Crippen LogP contribution < -0.4 is 4.74 Å². The van der Waals surface area contributed by atoms with Gasteiger partial charge in [0.25, 0.3) is 5.91 Å². The summed E-state index contributed by atoms with van der Waals surface area (Å²) in [4.78, 5) is 31.5. The van der Waals surface area contributed by atoms with E-state index in [0.717, 1.165) is 17.8 Å². The summed E-state index contributed by atoms with van der Waals surface area (Å²) in [5.74, 6) is 1.27. The number of ether oxygens (including phenoxy) is 1. The molecule has 1 aliphatic heterocycles. The second-order valence-electron chi connectivity index (χ2n) is 5.74. The van der Waals surface area contributed by atoms with Gasteiger partial charge in [-0.3, -0.25) is 14.2 Å². The number of nitrogens with zero attached hydrogens (tertiary/aromatic N) is 3. The zero-order chi connectivity index (χ0) is 18.0. The summed E-state index contributed by atoms with van der Waals surface area (Å²) >= 11 is 1.23. The van der Waals surface area contributed by atoms with Crippen LogP contribution >= 0.6 is 11.8 Å². The SMILES string of the molecule is CCCN1Cc2c(C(=O)SCC)ncn2-c2ccc(OC)cc2C1=O. The van der Waals surface area contributed by atoms with E-state index >= 15 is 0 Å². The lowest BCUT2D eigenvalue weighted by Crippen LogP contribution is -2.30. The predicted molar refractivity (Wildman–Crippen MR) is 97.6 cm³/mol. The molecule has 25 heavy (non-hydrogen) atoms. The van der Waals surface area contributed by atoms with Crippen LogP contribution in [0.5, 0.6) is 5.75 Å². The maximum atomic E-state index is 13.0. The van der Waals surface area contributed by atoms with E-state index in [1.807, 2.05) is 30.5 Å². The summed E-state index contributed by atoms with van der Waals surface area (Å²) in [5.41, 5.74) is 2.49. The highest BCUT2D eigenvalue weighted by atomic mass is 32.2. The first-order valence-electron chi connectivity index (χ1n) is 8.31. The highest BCUT2D eigenvalue weighted by Gasteiger charge is 2.30. The number of fused-ring (bicyclic) bond motifs is 3. The van der Waals surface area contributed by atoms with Crippen LogP contribution in [0.1, 0.15) is 46.8 Å². The van der Waals surface area contributed by atoms with Gasteiger partial charge >= 0.3 is 0 Å². The fourth-order valence-corrected chi connectivity index (χ4v) is 3.57. The first-order chi connectivity index (χ1) is 12.1. The van der Waals surface area contributed by atoms with Crippen molar-refractivity contribution in [1.82, 2.24) is 14.5 Å². The van der Waals surface area contributed by atoms with Gasteiger partial charge in [0, 0.05) is 6.54 Å². The normalized spacial score (nSPS) is 13.2. The van der Waals surface area contributed by atoms with Crippen molar-refractivity contribution in [1.29, 1.82) is 0 Å². The number of benzene rings is 1. The highest BCUT2D eigenvalue weighted by molar-refractivity contribution is 8.14. The molecule has 0 radical (unpaired) electrons. The van der Waals surface area contributed by atoms with Crippen molar-refractivity contribution < 1.29 is 14.3 Å². The van der Waals surface area contributed by atoms with Gasteiger partial charge in [0.15, 0.2) is 0 Å². The predicted octanol–water partition coefficient (Wildman–Crippen LogP) is 3.14. The third kappa shape index (κ3) is 3.16. The number of methoxy groups -OCH3 is 1. The van der Waals surface area contributed by atoms with Gasteiger partial charge in [-0.15, -0.1) is 0 Å². The number of hydrogen-bond acceptors (Lipinski definition) is 5. The summed E-state index contributed by atoms with van der Waals surface area (Å²) in [6.07, 6.45) is 2.47. The van der Waals surface area contributed by atoms with Crippen LogP contribution in [0.3, 0.4) is 0 Å². The first-order valence-corrected chi connectivity index (χ1v) is 9.30. The number of hydrogen-bond donors (Lipinski definition) is 0. The third-order valence-electron chi connectivity index (χ3n) is 4.15. The maximum absolute atomic E-state index is 13.0. The Kier molecular flexibility index (Phi) is 5.13. The topological polar surface area (TPSA) is 64.4 Å². The molecule has 3 rings (SSSR count). The van der Waals surface area contributed by atoms with Crippen LogP contribution in [0, 0.1) is 0 Å². The maximum Gasteiger partial charge on any atom is 0.256 e. The van der Waals surface area contributed by atoms with E-state index in [0.29, 0.717) is 35.8 Å². The summed E-state index contributed by atoms with van der Waals surface area (Å²) in [7, 11) is 1.58. The number of imidazole rings is 1. The Morgan fingerprint density at radius 2 is 2.16 bits per heavy atom. The van der Waals surface area contributed by atoms with Crippen LogP contribution in [0.15, 0.2) is 24.5 Å². The van der Waals surface area contributed by atoms with Gasteiger partial charge < -0.3 is 9.64 Å². The van der Waals surface area contributed by atoms with Gasteiger partial charge in [0.1, 0.15) is 17.8 Å². The van der Waals surface area contributed by atoms with E-state index in [1.165, 1.54) is 11.8 Å². The number of rotatable bonds is 5. The Labute approximate surface area is 151 Å². The van der Waals surface area contributed by atoms with Crippen LogP contribution in [0.25, 0.3) is 5.69 Å². The number of amides is 1. The minimum atomic E-state index is -0.0582. The van der Waals surface area contributed by atoms with E-state index in [2.05, 4.69) is 4.98 Å². The van der Waals surface area contributed by atoms with Crippen LogP contribution in [0.4, 0.5) is 0 Å². The molecular formula is C18H21N3O3S. The minimum absolute atomic E-state index is 0.0546. The van der Waals surface area contributed by atoms with Gasteiger partial charge in [-0.05, 0) is 30.4 Å². The molecule has 1 amide bonds. The molecular weight excluding hydrogens is 338 g/mol. The van der Waals surface area contributed by atoms with Crippen LogP contribution in [-0.4, -0.2) is 44.9 Å². The Morgan fingerprint density at radius 3 is 2.84 bits per heavy atom. The Bertz CT molecular complexity index is 816. The molecule has 7 heteroatoms.